The second-order valence-corrected chi connectivity index (χ2v) is 6.01. The first-order valence-corrected chi connectivity index (χ1v) is 8.46. The lowest BCUT2D eigenvalue weighted by molar-refractivity contribution is 0.277. The third-order valence-electron chi connectivity index (χ3n) is 4.19. The molecule has 4 rings (SSSR count). The summed E-state index contributed by atoms with van der Waals surface area (Å²) in [6, 6.07) is 15.9. The largest absolute Gasteiger partial charge is 0.492 e. The highest BCUT2D eigenvalue weighted by molar-refractivity contribution is 5.39. The van der Waals surface area contributed by atoms with E-state index in [-0.39, 0.29) is 0 Å². The minimum atomic E-state index is 0.472. The zero-order valence-electron chi connectivity index (χ0n) is 13.8. The Balaban J connectivity index is 1.34. The predicted octanol–water partition coefficient (Wildman–Crippen LogP) is 3.19. The van der Waals surface area contributed by atoms with Gasteiger partial charge in [0.25, 0.3) is 0 Å². The highest BCUT2D eigenvalue weighted by Crippen LogP contribution is 2.25. The van der Waals surface area contributed by atoms with E-state index >= 15 is 0 Å². The van der Waals surface area contributed by atoms with Gasteiger partial charge in [0, 0.05) is 6.04 Å². The molecule has 0 amide bonds. The van der Waals surface area contributed by atoms with Crippen molar-refractivity contribution in [3.8, 4) is 22.9 Å². The molecule has 6 heteroatoms. The topological polar surface area (TPSA) is 61.2 Å². The van der Waals surface area contributed by atoms with Gasteiger partial charge in [-0.1, -0.05) is 0 Å². The zero-order valence-corrected chi connectivity index (χ0v) is 13.8. The molecule has 0 radical (unpaired) electrons. The van der Waals surface area contributed by atoms with Crippen molar-refractivity contribution < 1.29 is 9.47 Å². The van der Waals surface area contributed by atoms with Crippen LogP contribution in [0.2, 0.25) is 0 Å². The summed E-state index contributed by atoms with van der Waals surface area (Å²) in [6.07, 6.45) is 5.59. The smallest absolute Gasteiger partial charge is 0.138 e. The molecule has 25 heavy (non-hydrogen) atoms. The third-order valence-corrected chi connectivity index (χ3v) is 4.19. The Morgan fingerprint density at radius 3 is 2.36 bits per heavy atom. The molecule has 1 aromatic heterocycles. The van der Waals surface area contributed by atoms with Crippen LogP contribution in [-0.2, 0) is 0 Å². The number of hydrogen-bond donors (Lipinski definition) is 1. The second kappa shape index (κ2) is 7.36. The van der Waals surface area contributed by atoms with Crippen molar-refractivity contribution >= 4 is 0 Å². The van der Waals surface area contributed by atoms with E-state index in [1.807, 2.05) is 48.5 Å². The molecule has 6 nitrogen and oxygen atoms in total. The van der Waals surface area contributed by atoms with Crippen LogP contribution in [0.4, 0.5) is 0 Å². The highest BCUT2D eigenvalue weighted by atomic mass is 16.5. The molecule has 1 aliphatic rings. The molecule has 3 aromatic rings. The Labute approximate surface area is 146 Å². The van der Waals surface area contributed by atoms with Crippen molar-refractivity contribution in [2.24, 2.45) is 0 Å². The number of nitrogens with zero attached hydrogens (tertiary/aromatic N) is 3. The van der Waals surface area contributed by atoms with Crippen molar-refractivity contribution in [2.45, 2.75) is 18.9 Å². The first-order valence-electron chi connectivity index (χ1n) is 8.46. The SMILES string of the molecule is c1ncn(-c2ccc(Oc3ccc(OC[C@H]4CCCN4)cc3)cc2)n1. The van der Waals surface area contributed by atoms with Gasteiger partial charge in [0.2, 0.25) is 0 Å². The summed E-state index contributed by atoms with van der Waals surface area (Å²) in [6.45, 7) is 1.81. The number of hydrogen-bond acceptors (Lipinski definition) is 5. The van der Waals surface area contributed by atoms with E-state index in [1.54, 1.807) is 11.0 Å². The normalized spacial score (nSPS) is 16.7. The van der Waals surface area contributed by atoms with Gasteiger partial charge in [-0.25, -0.2) is 9.67 Å². The molecule has 2 aromatic carbocycles. The summed E-state index contributed by atoms with van der Waals surface area (Å²) < 4.78 is 13.4. The fourth-order valence-electron chi connectivity index (χ4n) is 2.84. The number of nitrogens with one attached hydrogen (secondary N) is 1. The van der Waals surface area contributed by atoms with E-state index in [9.17, 15) is 0 Å². The van der Waals surface area contributed by atoms with Crippen molar-refractivity contribution in [2.75, 3.05) is 13.2 Å². The maximum absolute atomic E-state index is 5.87. The van der Waals surface area contributed by atoms with Crippen molar-refractivity contribution in [1.82, 2.24) is 20.1 Å². The Morgan fingerprint density at radius 1 is 1.00 bits per heavy atom. The van der Waals surface area contributed by atoms with Gasteiger partial charge in [-0.2, -0.15) is 5.10 Å². The summed E-state index contributed by atoms with van der Waals surface area (Å²) in [7, 11) is 0. The number of aromatic nitrogens is 3. The molecule has 1 atom stereocenters. The molecule has 1 N–H and O–H groups in total. The molecular formula is C19H20N4O2. The number of rotatable bonds is 6. The van der Waals surface area contributed by atoms with Crippen LogP contribution in [0.1, 0.15) is 12.8 Å². The summed E-state index contributed by atoms with van der Waals surface area (Å²) in [5, 5.41) is 7.53. The second-order valence-electron chi connectivity index (χ2n) is 6.01. The van der Waals surface area contributed by atoms with E-state index in [0.29, 0.717) is 12.6 Å². The molecule has 1 saturated heterocycles. The lowest BCUT2D eigenvalue weighted by Gasteiger charge is -2.12. The molecule has 0 spiro atoms. The fraction of sp³-hybridized carbons (Fsp3) is 0.263. The standard InChI is InChI=1S/C19H20N4O2/c1-2-15(21-11-1)12-24-17-7-9-19(10-8-17)25-18-5-3-16(4-6-18)23-14-20-13-22-23/h3-10,13-15,21H,1-2,11-12H2/t15-/m1/s1. The maximum Gasteiger partial charge on any atom is 0.138 e. The Kier molecular flexibility index (Phi) is 4.61. The molecule has 0 aliphatic carbocycles. The maximum atomic E-state index is 5.87. The van der Waals surface area contributed by atoms with E-state index in [1.165, 1.54) is 19.2 Å². The van der Waals surface area contributed by atoms with Gasteiger partial charge >= 0.3 is 0 Å². The van der Waals surface area contributed by atoms with Gasteiger partial charge in [0.1, 0.15) is 36.5 Å². The van der Waals surface area contributed by atoms with E-state index in [0.717, 1.165) is 29.5 Å². The molecule has 0 saturated carbocycles. The Hall–Kier alpha value is -2.86. The van der Waals surface area contributed by atoms with Gasteiger partial charge < -0.3 is 14.8 Å². The van der Waals surface area contributed by atoms with Crippen molar-refractivity contribution in [3.63, 3.8) is 0 Å². The summed E-state index contributed by atoms with van der Waals surface area (Å²) in [5.74, 6) is 2.41. The fourth-order valence-corrected chi connectivity index (χ4v) is 2.84. The van der Waals surface area contributed by atoms with Crippen LogP contribution >= 0.6 is 0 Å². The monoisotopic (exact) mass is 336 g/mol. The average molecular weight is 336 g/mol. The van der Waals surface area contributed by atoms with Gasteiger partial charge in [-0.05, 0) is 67.9 Å². The molecule has 2 heterocycles. The highest BCUT2D eigenvalue weighted by Gasteiger charge is 2.14. The quantitative estimate of drug-likeness (QED) is 0.749. The average Bonchev–Trinajstić information content (AvgIpc) is 3.36. The summed E-state index contributed by atoms with van der Waals surface area (Å²) in [4.78, 5) is 3.94. The Morgan fingerprint density at radius 2 is 1.72 bits per heavy atom. The molecule has 128 valence electrons. The molecule has 0 bridgehead atoms. The van der Waals surface area contributed by atoms with Crippen LogP contribution in [0.15, 0.2) is 61.2 Å². The molecule has 0 unspecified atom stereocenters. The molecular weight excluding hydrogens is 316 g/mol. The van der Waals surface area contributed by atoms with Gasteiger partial charge in [-0.3, -0.25) is 0 Å². The lowest BCUT2D eigenvalue weighted by atomic mass is 10.2. The Bertz CT molecular complexity index is 779. The van der Waals surface area contributed by atoms with Crippen LogP contribution in [0.25, 0.3) is 5.69 Å². The minimum Gasteiger partial charge on any atom is -0.492 e. The van der Waals surface area contributed by atoms with Gasteiger partial charge in [-0.15, -0.1) is 0 Å². The van der Waals surface area contributed by atoms with Crippen LogP contribution in [-0.4, -0.2) is 34.0 Å². The van der Waals surface area contributed by atoms with Crippen LogP contribution in [0.3, 0.4) is 0 Å². The van der Waals surface area contributed by atoms with Gasteiger partial charge in [0.05, 0.1) is 5.69 Å². The third kappa shape index (κ3) is 3.97. The first-order chi connectivity index (χ1) is 12.4. The van der Waals surface area contributed by atoms with E-state index in [4.69, 9.17) is 9.47 Å². The zero-order chi connectivity index (χ0) is 16.9. The molecule has 1 aliphatic heterocycles. The van der Waals surface area contributed by atoms with E-state index in [2.05, 4.69) is 15.4 Å². The molecule has 1 fully saturated rings. The van der Waals surface area contributed by atoms with Gasteiger partial charge in [0.15, 0.2) is 0 Å². The predicted molar refractivity (Wildman–Crippen MR) is 94.4 cm³/mol. The van der Waals surface area contributed by atoms with Crippen molar-refractivity contribution in [3.05, 3.63) is 61.2 Å². The van der Waals surface area contributed by atoms with Crippen LogP contribution in [0.5, 0.6) is 17.2 Å². The summed E-state index contributed by atoms with van der Waals surface area (Å²) in [5.41, 5.74) is 0.939. The van der Waals surface area contributed by atoms with Crippen LogP contribution < -0.4 is 14.8 Å². The van der Waals surface area contributed by atoms with Crippen molar-refractivity contribution in [1.29, 1.82) is 0 Å². The summed E-state index contributed by atoms with van der Waals surface area (Å²) >= 11 is 0. The number of benzene rings is 2. The minimum absolute atomic E-state index is 0.472. The number of ether oxygens (including phenoxy) is 2. The van der Waals surface area contributed by atoms with E-state index < -0.39 is 0 Å². The lowest BCUT2D eigenvalue weighted by Crippen LogP contribution is -2.28. The van der Waals surface area contributed by atoms with Crippen LogP contribution in [0, 0.1) is 0 Å². The first kappa shape index (κ1) is 15.7.